The number of aromatic nitrogens is 2. The van der Waals surface area contributed by atoms with Gasteiger partial charge in [-0.2, -0.15) is 4.98 Å². The monoisotopic (exact) mass is 355 g/mol. The minimum Gasteiger partial charge on any atom is -0.337 e. The molecular weight excluding hydrogens is 338 g/mol. The first-order valence-electron chi connectivity index (χ1n) is 8.06. The summed E-state index contributed by atoms with van der Waals surface area (Å²) in [6, 6.07) is 16.9. The second-order valence-corrected chi connectivity index (χ2v) is 6.03. The van der Waals surface area contributed by atoms with Gasteiger partial charge < -0.3 is 9.42 Å². The van der Waals surface area contributed by atoms with Crippen LogP contribution in [0.2, 0.25) is 5.02 Å². The van der Waals surface area contributed by atoms with E-state index in [1.54, 1.807) is 17.0 Å². The molecule has 0 saturated heterocycles. The quantitative estimate of drug-likeness (QED) is 0.671. The Hall–Kier alpha value is -2.66. The maximum atomic E-state index is 12.5. The molecule has 6 heteroatoms. The van der Waals surface area contributed by atoms with Crippen LogP contribution in [0, 0.1) is 0 Å². The van der Waals surface area contributed by atoms with Crippen LogP contribution in [0.4, 0.5) is 0 Å². The van der Waals surface area contributed by atoms with Gasteiger partial charge in [-0.25, -0.2) is 0 Å². The lowest BCUT2D eigenvalue weighted by atomic mass is 10.1. The Morgan fingerprint density at radius 2 is 1.84 bits per heavy atom. The molecule has 0 unspecified atom stereocenters. The Morgan fingerprint density at radius 3 is 2.52 bits per heavy atom. The zero-order valence-corrected chi connectivity index (χ0v) is 14.6. The van der Waals surface area contributed by atoms with Crippen molar-refractivity contribution < 1.29 is 9.32 Å². The van der Waals surface area contributed by atoms with Crippen LogP contribution >= 0.6 is 11.6 Å². The molecular formula is C19H18ClN3O2. The number of carbonyl (C=O) groups is 1. The molecule has 0 fully saturated rings. The molecule has 0 saturated carbocycles. The number of hydrogen-bond acceptors (Lipinski definition) is 4. The summed E-state index contributed by atoms with van der Waals surface area (Å²) in [5, 5.41) is 4.64. The zero-order chi connectivity index (χ0) is 17.6. The average Bonchev–Trinajstić information content (AvgIpc) is 3.11. The first-order valence-corrected chi connectivity index (χ1v) is 8.43. The summed E-state index contributed by atoms with van der Waals surface area (Å²) in [5.41, 5.74) is 1.80. The fraction of sp³-hybridized carbons (Fsp3) is 0.211. The first-order chi connectivity index (χ1) is 12.2. The SMILES string of the molecule is CCN(Cc1nc(-c2ccccc2)no1)C(=O)Cc1ccc(Cl)cc1. The maximum absolute atomic E-state index is 12.5. The van der Waals surface area contributed by atoms with E-state index in [1.165, 1.54) is 0 Å². The highest BCUT2D eigenvalue weighted by Crippen LogP contribution is 2.16. The van der Waals surface area contributed by atoms with Gasteiger partial charge >= 0.3 is 0 Å². The summed E-state index contributed by atoms with van der Waals surface area (Å²) in [7, 11) is 0. The minimum absolute atomic E-state index is 0.00397. The van der Waals surface area contributed by atoms with Crippen LogP contribution in [0.25, 0.3) is 11.4 Å². The molecule has 0 radical (unpaired) electrons. The minimum atomic E-state index is 0.00397. The Morgan fingerprint density at radius 1 is 1.12 bits per heavy atom. The van der Waals surface area contributed by atoms with Gasteiger partial charge in [-0.05, 0) is 24.6 Å². The van der Waals surface area contributed by atoms with Crippen molar-refractivity contribution >= 4 is 17.5 Å². The number of nitrogens with zero attached hydrogens (tertiary/aromatic N) is 3. The summed E-state index contributed by atoms with van der Waals surface area (Å²) >= 11 is 5.88. The zero-order valence-electron chi connectivity index (χ0n) is 13.9. The summed E-state index contributed by atoms with van der Waals surface area (Å²) in [6.45, 7) is 2.78. The Kier molecular flexibility index (Phi) is 5.46. The number of amides is 1. The lowest BCUT2D eigenvalue weighted by Gasteiger charge is -2.18. The Bertz CT molecular complexity index is 831. The van der Waals surface area contributed by atoms with Gasteiger partial charge in [0.2, 0.25) is 17.6 Å². The Balaban J connectivity index is 1.66. The van der Waals surface area contributed by atoms with Crippen LogP contribution in [-0.2, 0) is 17.8 Å². The predicted octanol–water partition coefficient (Wildman–Crippen LogP) is 3.98. The van der Waals surface area contributed by atoms with Crippen LogP contribution < -0.4 is 0 Å². The van der Waals surface area contributed by atoms with Gasteiger partial charge in [0.1, 0.15) is 0 Å². The van der Waals surface area contributed by atoms with Crippen LogP contribution in [0.3, 0.4) is 0 Å². The van der Waals surface area contributed by atoms with Crippen LogP contribution in [0.15, 0.2) is 59.1 Å². The molecule has 0 atom stereocenters. The molecule has 0 aliphatic rings. The standard InChI is InChI=1S/C19H18ClN3O2/c1-2-23(18(24)12-14-8-10-16(20)11-9-14)13-17-21-19(22-25-17)15-6-4-3-5-7-15/h3-11H,2,12-13H2,1H3. The molecule has 1 aromatic heterocycles. The predicted molar refractivity (Wildman–Crippen MR) is 96.0 cm³/mol. The molecule has 0 N–H and O–H groups in total. The van der Waals surface area contributed by atoms with Crippen molar-refractivity contribution in [3.8, 4) is 11.4 Å². The normalized spacial score (nSPS) is 10.6. The number of likely N-dealkylation sites (N-methyl/N-ethyl adjacent to an activating group) is 1. The third-order valence-corrected chi connectivity index (χ3v) is 4.08. The smallest absolute Gasteiger partial charge is 0.246 e. The largest absolute Gasteiger partial charge is 0.337 e. The van der Waals surface area contributed by atoms with E-state index in [0.717, 1.165) is 11.1 Å². The van der Waals surface area contributed by atoms with Crippen LogP contribution in [0.5, 0.6) is 0 Å². The van der Waals surface area contributed by atoms with Crippen molar-refractivity contribution in [3.05, 3.63) is 71.1 Å². The summed E-state index contributed by atoms with van der Waals surface area (Å²) < 4.78 is 5.30. The molecule has 0 spiro atoms. The van der Waals surface area contributed by atoms with Gasteiger partial charge in [-0.15, -0.1) is 0 Å². The topological polar surface area (TPSA) is 59.2 Å². The van der Waals surface area contributed by atoms with Gasteiger partial charge in [0.15, 0.2) is 0 Å². The van der Waals surface area contributed by atoms with E-state index in [0.29, 0.717) is 36.2 Å². The summed E-state index contributed by atoms with van der Waals surface area (Å²) in [6.07, 6.45) is 0.310. The number of benzene rings is 2. The van der Waals surface area contributed by atoms with E-state index in [2.05, 4.69) is 10.1 Å². The van der Waals surface area contributed by atoms with Gasteiger partial charge in [0, 0.05) is 17.1 Å². The number of carbonyl (C=O) groups excluding carboxylic acids is 1. The number of halogens is 1. The highest BCUT2D eigenvalue weighted by molar-refractivity contribution is 6.30. The molecule has 1 amide bonds. The molecule has 0 aliphatic heterocycles. The fourth-order valence-corrected chi connectivity index (χ4v) is 2.58. The van der Waals surface area contributed by atoms with Gasteiger partial charge in [-0.3, -0.25) is 4.79 Å². The molecule has 25 heavy (non-hydrogen) atoms. The highest BCUT2D eigenvalue weighted by atomic mass is 35.5. The Labute approximate surface area is 151 Å². The second kappa shape index (κ2) is 7.94. The van der Waals surface area contributed by atoms with Crippen molar-refractivity contribution in [2.45, 2.75) is 19.9 Å². The molecule has 0 bridgehead atoms. The average molecular weight is 356 g/mol. The molecule has 128 valence electrons. The van der Waals surface area contributed by atoms with Crippen molar-refractivity contribution in [1.82, 2.24) is 15.0 Å². The van der Waals surface area contributed by atoms with E-state index < -0.39 is 0 Å². The highest BCUT2D eigenvalue weighted by Gasteiger charge is 2.17. The summed E-state index contributed by atoms with van der Waals surface area (Å²) in [5.74, 6) is 0.950. The maximum Gasteiger partial charge on any atom is 0.246 e. The molecule has 3 rings (SSSR count). The van der Waals surface area contributed by atoms with Crippen molar-refractivity contribution in [1.29, 1.82) is 0 Å². The summed E-state index contributed by atoms with van der Waals surface area (Å²) in [4.78, 5) is 18.6. The molecule has 3 aromatic rings. The van der Waals surface area contributed by atoms with Gasteiger partial charge in [0.05, 0.1) is 13.0 Å². The van der Waals surface area contributed by atoms with Gasteiger partial charge in [0.25, 0.3) is 0 Å². The molecule has 2 aromatic carbocycles. The van der Waals surface area contributed by atoms with Crippen molar-refractivity contribution in [2.75, 3.05) is 6.54 Å². The third kappa shape index (κ3) is 4.45. The van der Waals surface area contributed by atoms with Crippen molar-refractivity contribution in [3.63, 3.8) is 0 Å². The second-order valence-electron chi connectivity index (χ2n) is 5.59. The fourth-order valence-electron chi connectivity index (χ4n) is 2.45. The lowest BCUT2D eigenvalue weighted by Crippen LogP contribution is -2.31. The van der Waals surface area contributed by atoms with E-state index >= 15 is 0 Å². The van der Waals surface area contributed by atoms with E-state index in [4.69, 9.17) is 16.1 Å². The number of rotatable bonds is 6. The van der Waals surface area contributed by atoms with E-state index in [9.17, 15) is 4.79 Å². The first kappa shape index (κ1) is 17.2. The third-order valence-electron chi connectivity index (χ3n) is 3.83. The molecule has 1 heterocycles. The van der Waals surface area contributed by atoms with Crippen LogP contribution in [0.1, 0.15) is 18.4 Å². The van der Waals surface area contributed by atoms with Crippen LogP contribution in [-0.4, -0.2) is 27.5 Å². The van der Waals surface area contributed by atoms with E-state index in [-0.39, 0.29) is 5.91 Å². The van der Waals surface area contributed by atoms with Gasteiger partial charge in [-0.1, -0.05) is 59.2 Å². The van der Waals surface area contributed by atoms with Crippen molar-refractivity contribution in [2.24, 2.45) is 0 Å². The number of hydrogen-bond donors (Lipinski definition) is 0. The van der Waals surface area contributed by atoms with E-state index in [1.807, 2.05) is 49.4 Å². The molecule has 5 nitrogen and oxygen atoms in total. The lowest BCUT2D eigenvalue weighted by molar-refractivity contribution is -0.131. The molecule has 0 aliphatic carbocycles.